The van der Waals surface area contributed by atoms with Crippen molar-refractivity contribution in [2.24, 2.45) is 11.7 Å². The van der Waals surface area contributed by atoms with Gasteiger partial charge in [0.05, 0.1) is 17.8 Å². The highest BCUT2D eigenvalue weighted by atomic mass is 35.5. The Bertz CT molecular complexity index is 982. The van der Waals surface area contributed by atoms with Crippen molar-refractivity contribution in [1.82, 2.24) is 4.90 Å². The maximum atomic E-state index is 13.9. The first kappa shape index (κ1) is 28.7. The molecule has 2 aliphatic heterocycles. The topological polar surface area (TPSA) is 58.7 Å². The number of halogens is 6. The Morgan fingerprint density at radius 1 is 1.12 bits per heavy atom. The zero-order chi connectivity index (χ0) is 23.0. The van der Waals surface area contributed by atoms with Crippen molar-refractivity contribution in [3.05, 3.63) is 64.0 Å². The number of nitrogens with zero attached hydrogens (tertiary/aromatic N) is 1. The third kappa shape index (κ3) is 5.97. The summed E-state index contributed by atoms with van der Waals surface area (Å²) in [5, 5.41) is 10.6. The minimum absolute atomic E-state index is 0. The van der Waals surface area contributed by atoms with Gasteiger partial charge in [-0.25, -0.2) is 4.39 Å². The zero-order valence-corrected chi connectivity index (χ0v) is 20.4. The number of rotatable bonds is 4. The van der Waals surface area contributed by atoms with E-state index in [0.717, 1.165) is 54.8 Å². The number of ether oxygens (including phenoxy) is 1. The molecule has 0 radical (unpaired) electrons. The summed E-state index contributed by atoms with van der Waals surface area (Å²) in [5.74, 6) is -0.629. The molecule has 2 aliphatic rings. The van der Waals surface area contributed by atoms with E-state index in [1.165, 1.54) is 6.07 Å². The van der Waals surface area contributed by atoms with Gasteiger partial charge >= 0.3 is 6.18 Å². The molecule has 0 spiro atoms. The van der Waals surface area contributed by atoms with E-state index in [2.05, 4.69) is 4.90 Å². The standard InChI is InChI=1S/C24H28F4N2O2.2ClH/c1-14-2-4-17-18(23(14)31)11-21(32-22(17)12-29)16-6-8-30(9-7-16)13-15-3-5-19(20(25)10-15)24(26,27)28;;/h2-5,10,16,21-22,31H,6-9,11-13,29H2,1H3;2*1H/t21-,22-;;/m0../s1. The summed E-state index contributed by atoms with van der Waals surface area (Å²) in [6.45, 7) is 4.10. The maximum Gasteiger partial charge on any atom is 0.419 e. The number of nitrogens with two attached hydrogens (primary N) is 1. The number of phenols is 1. The number of fused-ring (bicyclic) bond motifs is 1. The molecule has 0 saturated carbocycles. The number of hydrogen-bond acceptors (Lipinski definition) is 4. The number of likely N-dealkylation sites (tertiary alicyclic amines) is 1. The largest absolute Gasteiger partial charge is 0.507 e. The van der Waals surface area contributed by atoms with Crippen LogP contribution in [0.2, 0.25) is 0 Å². The second-order valence-corrected chi connectivity index (χ2v) is 8.83. The number of aromatic hydroxyl groups is 1. The molecule has 2 heterocycles. The van der Waals surface area contributed by atoms with Crippen LogP contribution < -0.4 is 5.73 Å². The molecule has 1 fully saturated rings. The first-order chi connectivity index (χ1) is 15.2. The summed E-state index contributed by atoms with van der Waals surface area (Å²) in [6.07, 6.45) is -2.64. The summed E-state index contributed by atoms with van der Waals surface area (Å²) in [6, 6.07) is 6.99. The first-order valence-electron chi connectivity index (χ1n) is 10.9. The lowest BCUT2D eigenvalue weighted by Gasteiger charge is -2.40. The smallest absolute Gasteiger partial charge is 0.419 e. The van der Waals surface area contributed by atoms with Gasteiger partial charge in [0.2, 0.25) is 0 Å². The molecule has 3 N–H and O–H groups in total. The summed E-state index contributed by atoms with van der Waals surface area (Å²) >= 11 is 0. The number of alkyl halides is 3. The third-order valence-electron chi connectivity index (χ3n) is 6.73. The Balaban J connectivity index is 0.00000204. The van der Waals surface area contributed by atoms with E-state index in [0.29, 0.717) is 30.8 Å². The molecule has 1 saturated heterocycles. The predicted octanol–water partition coefficient (Wildman–Crippen LogP) is 5.56. The first-order valence-corrected chi connectivity index (χ1v) is 10.9. The van der Waals surface area contributed by atoms with E-state index in [4.69, 9.17) is 10.5 Å². The molecule has 2 aromatic rings. The third-order valence-corrected chi connectivity index (χ3v) is 6.73. The van der Waals surface area contributed by atoms with Gasteiger partial charge in [-0.2, -0.15) is 13.2 Å². The number of piperidine rings is 1. The average molecular weight is 525 g/mol. The van der Waals surface area contributed by atoms with Crippen LogP contribution in [0.15, 0.2) is 30.3 Å². The van der Waals surface area contributed by atoms with Crippen LogP contribution in [0, 0.1) is 18.7 Å². The van der Waals surface area contributed by atoms with Gasteiger partial charge in [-0.05, 0) is 67.6 Å². The highest BCUT2D eigenvalue weighted by Crippen LogP contribution is 2.40. The molecule has 4 nitrogen and oxygen atoms in total. The van der Waals surface area contributed by atoms with E-state index < -0.39 is 17.6 Å². The van der Waals surface area contributed by atoms with Crippen molar-refractivity contribution in [1.29, 1.82) is 0 Å². The Kier molecular flexibility index (Phi) is 9.64. The van der Waals surface area contributed by atoms with Gasteiger partial charge in [-0.15, -0.1) is 24.8 Å². The van der Waals surface area contributed by atoms with Crippen molar-refractivity contribution in [2.75, 3.05) is 19.6 Å². The molecular formula is C24H30Cl2F4N2O2. The van der Waals surface area contributed by atoms with E-state index in [1.54, 1.807) is 0 Å². The highest BCUT2D eigenvalue weighted by Gasteiger charge is 2.36. The Hall–Kier alpha value is -1.58. The van der Waals surface area contributed by atoms with Crippen LogP contribution in [0.4, 0.5) is 17.6 Å². The van der Waals surface area contributed by atoms with E-state index >= 15 is 0 Å². The second-order valence-electron chi connectivity index (χ2n) is 8.83. The fourth-order valence-electron chi connectivity index (χ4n) is 4.91. The van der Waals surface area contributed by atoms with Crippen molar-refractivity contribution in [2.45, 2.75) is 51.1 Å². The fraction of sp³-hybridized carbons (Fsp3) is 0.500. The molecule has 10 heteroatoms. The van der Waals surface area contributed by atoms with Crippen LogP contribution in [-0.4, -0.2) is 35.7 Å². The van der Waals surface area contributed by atoms with Gasteiger partial charge in [-0.1, -0.05) is 18.2 Å². The second kappa shape index (κ2) is 11.4. The minimum Gasteiger partial charge on any atom is -0.507 e. The minimum atomic E-state index is -4.69. The normalized spacial score (nSPS) is 21.4. The quantitative estimate of drug-likeness (QED) is 0.514. The van der Waals surface area contributed by atoms with Crippen LogP contribution in [0.5, 0.6) is 5.75 Å². The van der Waals surface area contributed by atoms with Crippen LogP contribution in [0.1, 0.15) is 46.8 Å². The lowest BCUT2D eigenvalue weighted by Crippen LogP contribution is -2.42. The molecule has 4 rings (SSSR count). The van der Waals surface area contributed by atoms with Crippen LogP contribution in [0.3, 0.4) is 0 Å². The molecule has 0 amide bonds. The monoisotopic (exact) mass is 524 g/mol. The van der Waals surface area contributed by atoms with E-state index in [9.17, 15) is 22.7 Å². The molecule has 2 atom stereocenters. The van der Waals surface area contributed by atoms with Crippen molar-refractivity contribution >= 4 is 24.8 Å². The zero-order valence-electron chi connectivity index (χ0n) is 18.8. The Morgan fingerprint density at radius 2 is 1.79 bits per heavy atom. The lowest BCUT2D eigenvalue weighted by molar-refractivity contribution is -0.140. The fourth-order valence-corrected chi connectivity index (χ4v) is 4.91. The Morgan fingerprint density at radius 3 is 2.38 bits per heavy atom. The summed E-state index contributed by atoms with van der Waals surface area (Å²) in [5.41, 5.74) is 7.93. The van der Waals surface area contributed by atoms with Crippen molar-refractivity contribution < 1.29 is 27.4 Å². The molecule has 34 heavy (non-hydrogen) atoms. The van der Waals surface area contributed by atoms with Gasteiger partial charge in [0.1, 0.15) is 11.6 Å². The number of aryl methyl sites for hydroxylation is 1. The summed E-state index contributed by atoms with van der Waals surface area (Å²) in [7, 11) is 0. The Labute approximate surface area is 209 Å². The summed E-state index contributed by atoms with van der Waals surface area (Å²) < 4.78 is 58.5. The van der Waals surface area contributed by atoms with Crippen LogP contribution in [0.25, 0.3) is 0 Å². The molecule has 190 valence electrons. The highest BCUT2D eigenvalue weighted by molar-refractivity contribution is 5.85. The van der Waals surface area contributed by atoms with Gasteiger partial charge in [0.15, 0.2) is 0 Å². The summed E-state index contributed by atoms with van der Waals surface area (Å²) in [4.78, 5) is 2.12. The van der Waals surface area contributed by atoms with E-state index in [1.807, 2.05) is 19.1 Å². The van der Waals surface area contributed by atoms with Gasteiger partial charge in [-0.3, -0.25) is 4.90 Å². The van der Waals surface area contributed by atoms with Crippen molar-refractivity contribution in [3.8, 4) is 5.75 Å². The van der Waals surface area contributed by atoms with Gasteiger partial charge in [0.25, 0.3) is 0 Å². The molecular weight excluding hydrogens is 495 g/mol. The van der Waals surface area contributed by atoms with Gasteiger partial charge in [0, 0.05) is 25.1 Å². The SMILES string of the molecule is Cc1ccc2c(c1O)C[C@@H](C1CCN(Cc3ccc(C(F)(F)F)c(F)c3)CC1)O[C@H]2CN.Cl.Cl. The maximum absolute atomic E-state index is 13.9. The molecule has 0 aromatic heterocycles. The molecule has 0 aliphatic carbocycles. The number of phenolic OH excluding ortho intramolecular Hbond substituents is 1. The number of hydrogen-bond donors (Lipinski definition) is 2. The molecule has 0 bridgehead atoms. The average Bonchev–Trinajstić information content (AvgIpc) is 2.75. The lowest BCUT2D eigenvalue weighted by atomic mass is 9.83. The molecule has 2 aromatic carbocycles. The predicted molar refractivity (Wildman–Crippen MR) is 127 cm³/mol. The molecule has 0 unspecified atom stereocenters. The van der Waals surface area contributed by atoms with Crippen LogP contribution >= 0.6 is 24.8 Å². The van der Waals surface area contributed by atoms with Gasteiger partial charge < -0.3 is 15.6 Å². The van der Waals surface area contributed by atoms with E-state index in [-0.39, 0.29) is 42.9 Å². The van der Waals surface area contributed by atoms with Crippen molar-refractivity contribution in [3.63, 3.8) is 0 Å². The van der Waals surface area contributed by atoms with Crippen LogP contribution in [-0.2, 0) is 23.9 Å². The number of benzene rings is 2.